The second-order valence-corrected chi connectivity index (χ2v) is 9.85. The summed E-state index contributed by atoms with van der Waals surface area (Å²) >= 11 is 0. The lowest BCUT2D eigenvalue weighted by Gasteiger charge is -2.29. The van der Waals surface area contributed by atoms with Crippen LogP contribution in [-0.4, -0.2) is 60.0 Å². The van der Waals surface area contributed by atoms with Crippen LogP contribution >= 0.6 is 0 Å². The fraction of sp³-hybridized carbons (Fsp3) is 0.464. The maximum atomic E-state index is 13.3. The zero-order chi connectivity index (χ0) is 26.6. The van der Waals surface area contributed by atoms with Crippen LogP contribution in [0.4, 0.5) is 8.78 Å². The Morgan fingerprint density at radius 2 is 2.05 bits per heavy atom. The highest BCUT2D eigenvalue weighted by atomic mass is 19.3. The Hall–Kier alpha value is -3.71. The van der Waals surface area contributed by atoms with E-state index in [0.29, 0.717) is 29.3 Å². The number of nitrogens with zero attached hydrogens (tertiary/aromatic N) is 4. The van der Waals surface area contributed by atoms with Crippen molar-refractivity contribution in [2.75, 3.05) is 33.4 Å². The molecule has 0 spiro atoms. The van der Waals surface area contributed by atoms with Gasteiger partial charge in [-0.05, 0) is 56.3 Å². The second-order valence-electron chi connectivity index (χ2n) is 9.85. The molecule has 0 N–H and O–H groups in total. The van der Waals surface area contributed by atoms with Crippen molar-refractivity contribution in [3.8, 4) is 34.6 Å². The molecule has 2 aliphatic rings. The zero-order valence-electron chi connectivity index (χ0n) is 21.2. The van der Waals surface area contributed by atoms with Crippen LogP contribution in [0.2, 0.25) is 0 Å². The third-order valence-corrected chi connectivity index (χ3v) is 7.10. The number of likely N-dealkylation sites (tertiary alicyclic amines) is 1. The van der Waals surface area contributed by atoms with Gasteiger partial charge in [0.2, 0.25) is 0 Å². The average Bonchev–Trinajstić information content (AvgIpc) is 3.62. The molecular formula is C28H30F2N4O4. The fourth-order valence-corrected chi connectivity index (χ4v) is 4.97. The Labute approximate surface area is 219 Å². The normalized spacial score (nSPS) is 17.9. The van der Waals surface area contributed by atoms with Gasteiger partial charge >= 0.3 is 6.61 Å². The molecule has 38 heavy (non-hydrogen) atoms. The molecule has 1 atom stereocenters. The summed E-state index contributed by atoms with van der Waals surface area (Å²) in [5.41, 5.74) is 1.81. The molecule has 1 aliphatic carbocycles. The van der Waals surface area contributed by atoms with Gasteiger partial charge in [-0.3, -0.25) is 14.1 Å². The molecule has 1 aliphatic heterocycles. The number of nitriles is 1. The third-order valence-electron chi connectivity index (χ3n) is 7.10. The molecule has 5 rings (SSSR count). The van der Waals surface area contributed by atoms with Crippen LogP contribution in [0.5, 0.6) is 17.2 Å². The zero-order valence-corrected chi connectivity index (χ0v) is 21.2. The van der Waals surface area contributed by atoms with Crippen LogP contribution in [0.1, 0.15) is 42.5 Å². The van der Waals surface area contributed by atoms with E-state index in [1.807, 2.05) is 10.5 Å². The van der Waals surface area contributed by atoms with E-state index in [-0.39, 0.29) is 41.1 Å². The van der Waals surface area contributed by atoms with Crippen molar-refractivity contribution in [1.82, 2.24) is 14.3 Å². The van der Waals surface area contributed by atoms with E-state index >= 15 is 0 Å². The lowest BCUT2D eigenvalue weighted by Crippen LogP contribution is -2.37. The van der Waals surface area contributed by atoms with E-state index in [4.69, 9.17) is 14.2 Å². The fourth-order valence-electron chi connectivity index (χ4n) is 4.97. The highest BCUT2D eigenvalue weighted by Gasteiger charge is 2.30. The standard InChI is InChI=1S/C28H30F2N4O4/c1-36-24-12-20(13-25(38-28(29)30)27(24)23(35)11-18-4-5-18)22-16-32-26-14-21(6-8-34(22)26)37-10-9-33-7-2-3-19(15-31)17-33/h6,8,12-14,16,18-19,28H,2-5,7,9-11,17H2,1H3. The number of pyridine rings is 1. The molecule has 0 bridgehead atoms. The number of methoxy groups -OCH3 is 1. The minimum absolute atomic E-state index is 0.0442. The Bertz CT molecular complexity index is 1350. The summed E-state index contributed by atoms with van der Waals surface area (Å²) < 4.78 is 44.5. The number of ketones is 1. The number of Topliss-reactive ketones (excluding diaryl/α,β-unsaturated/α-hetero) is 1. The van der Waals surface area contributed by atoms with Gasteiger partial charge in [0.25, 0.3) is 0 Å². The largest absolute Gasteiger partial charge is 0.496 e. The number of imidazole rings is 1. The molecular weight excluding hydrogens is 494 g/mol. The topological polar surface area (TPSA) is 89.1 Å². The molecule has 200 valence electrons. The van der Waals surface area contributed by atoms with Gasteiger partial charge in [0.15, 0.2) is 5.78 Å². The maximum absolute atomic E-state index is 13.3. The first kappa shape index (κ1) is 25.9. The van der Waals surface area contributed by atoms with Crippen molar-refractivity contribution in [3.05, 3.63) is 42.2 Å². The van der Waals surface area contributed by atoms with Crippen molar-refractivity contribution < 1.29 is 27.8 Å². The summed E-state index contributed by atoms with van der Waals surface area (Å²) in [6.45, 7) is -0.116. The van der Waals surface area contributed by atoms with Crippen molar-refractivity contribution in [1.29, 1.82) is 5.26 Å². The summed E-state index contributed by atoms with van der Waals surface area (Å²) in [4.78, 5) is 19.6. The molecule has 3 aromatic rings. The number of ether oxygens (including phenoxy) is 3. The predicted octanol–water partition coefficient (Wildman–Crippen LogP) is 5.21. The van der Waals surface area contributed by atoms with Crippen molar-refractivity contribution in [3.63, 3.8) is 0 Å². The van der Waals surface area contributed by atoms with E-state index in [1.165, 1.54) is 13.2 Å². The number of rotatable bonds is 11. The van der Waals surface area contributed by atoms with Crippen molar-refractivity contribution in [2.45, 2.75) is 38.7 Å². The van der Waals surface area contributed by atoms with E-state index in [1.54, 1.807) is 24.5 Å². The second kappa shape index (κ2) is 11.4. The lowest BCUT2D eigenvalue weighted by atomic mass is 10.00. The van der Waals surface area contributed by atoms with Gasteiger partial charge in [-0.2, -0.15) is 14.0 Å². The Morgan fingerprint density at radius 3 is 2.79 bits per heavy atom. The number of benzene rings is 1. The van der Waals surface area contributed by atoms with Crippen LogP contribution in [0.25, 0.3) is 16.9 Å². The molecule has 10 heteroatoms. The minimum Gasteiger partial charge on any atom is -0.496 e. The van der Waals surface area contributed by atoms with Crippen LogP contribution < -0.4 is 14.2 Å². The molecule has 2 aromatic heterocycles. The van der Waals surface area contributed by atoms with Crippen LogP contribution in [-0.2, 0) is 0 Å². The average molecular weight is 525 g/mol. The molecule has 1 unspecified atom stereocenters. The first-order chi connectivity index (χ1) is 18.4. The Morgan fingerprint density at radius 1 is 1.24 bits per heavy atom. The van der Waals surface area contributed by atoms with Crippen LogP contribution in [0.3, 0.4) is 0 Å². The predicted molar refractivity (Wildman–Crippen MR) is 136 cm³/mol. The first-order valence-corrected chi connectivity index (χ1v) is 12.9. The van der Waals surface area contributed by atoms with Gasteiger partial charge in [-0.1, -0.05) is 0 Å². The number of hydrogen-bond acceptors (Lipinski definition) is 7. The molecule has 0 amide bonds. The molecule has 0 radical (unpaired) electrons. The number of carbonyl (C=O) groups is 1. The van der Waals surface area contributed by atoms with Gasteiger partial charge in [-0.15, -0.1) is 0 Å². The number of carbonyl (C=O) groups excluding carboxylic acids is 1. The quantitative estimate of drug-likeness (QED) is 0.318. The number of aromatic nitrogens is 2. The van der Waals surface area contributed by atoms with E-state index in [2.05, 4.69) is 16.0 Å². The summed E-state index contributed by atoms with van der Waals surface area (Å²) in [5.74, 6) is 0.749. The Kier molecular flexibility index (Phi) is 7.74. The highest BCUT2D eigenvalue weighted by molar-refractivity contribution is 6.02. The molecule has 8 nitrogen and oxygen atoms in total. The van der Waals surface area contributed by atoms with E-state index in [9.17, 15) is 18.8 Å². The smallest absolute Gasteiger partial charge is 0.387 e. The molecule has 1 aromatic carbocycles. The van der Waals surface area contributed by atoms with Gasteiger partial charge in [-0.25, -0.2) is 4.98 Å². The number of halogens is 2. The van der Waals surface area contributed by atoms with Crippen molar-refractivity contribution >= 4 is 11.4 Å². The number of fused-ring (bicyclic) bond motifs is 1. The first-order valence-electron chi connectivity index (χ1n) is 12.9. The molecule has 1 saturated carbocycles. The highest BCUT2D eigenvalue weighted by Crippen LogP contribution is 2.40. The summed E-state index contributed by atoms with van der Waals surface area (Å²) in [5, 5.41) is 9.17. The lowest BCUT2D eigenvalue weighted by molar-refractivity contribution is -0.0502. The van der Waals surface area contributed by atoms with Gasteiger partial charge < -0.3 is 14.2 Å². The number of alkyl halides is 2. The molecule has 2 fully saturated rings. The summed E-state index contributed by atoms with van der Waals surface area (Å²) in [6.07, 6.45) is 7.60. The van der Waals surface area contributed by atoms with Crippen LogP contribution in [0, 0.1) is 23.2 Å². The van der Waals surface area contributed by atoms with Gasteiger partial charge in [0.05, 0.1) is 31.0 Å². The van der Waals surface area contributed by atoms with Crippen molar-refractivity contribution in [2.24, 2.45) is 11.8 Å². The summed E-state index contributed by atoms with van der Waals surface area (Å²) in [6, 6.07) is 9.06. The van der Waals surface area contributed by atoms with Gasteiger partial charge in [0.1, 0.15) is 35.1 Å². The third kappa shape index (κ3) is 5.89. The number of piperidine rings is 1. The van der Waals surface area contributed by atoms with Crippen LogP contribution in [0.15, 0.2) is 36.7 Å². The molecule has 3 heterocycles. The SMILES string of the molecule is COc1cc(-c2cnc3cc(OCCN4CCCC(C#N)C4)ccn23)cc(OC(F)F)c1C(=O)CC1CC1. The van der Waals surface area contributed by atoms with E-state index in [0.717, 1.165) is 45.3 Å². The number of hydrogen-bond donors (Lipinski definition) is 0. The van der Waals surface area contributed by atoms with E-state index < -0.39 is 6.61 Å². The Balaban J connectivity index is 1.36. The maximum Gasteiger partial charge on any atom is 0.387 e. The molecule has 1 saturated heterocycles. The van der Waals surface area contributed by atoms with Gasteiger partial charge in [0, 0.05) is 37.3 Å². The monoisotopic (exact) mass is 524 g/mol. The summed E-state index contributed by atoms with van der Waals surface area (Å²) in [7, 11) is 1.40. The minimum atomic E-state index is -3.08.